The van der Waals surface area contributed by atoms with Gasteiger partial charge in [0.15, 0.2) is 0 Å². The van der Waals surface area contributed by atoms with Crippen LogP contribution in [0.3, 0.4) is 0 Å². The summed E-state index contributed by atoms with van der Waals surface area (Å²) < 4.78 is -0.0137. The largest absolute Gasteiger partial charge is 0.337 e. The molecule has 0 bridgehead atoms. The average molecular weight is 294 g/mol. The van der Waals surface area contributed by atoms with E-state index in [2.05, 4.69) is 5.32 Å². The molecule has 0 unspecified atom stereocenters. The maximum absolute atomic E-state index is 11.2. The number of allylic oxidation sites excluding steroid dienone is 1. The van der Waals surface area contributed by atoms with E-state index in [0.29, 0.717) is 13.1 Å². The molecule has 5 heteroatoms. The molecule has 0 aromatic heterocycles. The summed E-state index contributed by atoms with van der Waals surface area (Å²) in [6, 6.07) is 0. The molecule has 1 saturated heterocycles. The van der Waals surface area contributed by atoms with Gasteiger partial charge in [0.05, 0.1) is 6.54 Å². The van der Waals surface area contributed by atoms with Gasteiger partial charge in [-0.1, -0.05) is 6.08 Å². The van der Waals surface area contributed by atoms with Gasteiger partial charge in [-0.2, -0.15) is 0 Å². The van der Waals surface area contributed by atoms with Crippen molar-refractivity contribution in [3.8, 4) is 0 Å². The second-order valence-electron chi connectivity index (χ2n) is 2.72. The van der Waals surface area contributed by atoms with Crippen LogP contribution < -0.4 is 5.32 Å². The number of rotatable bonds is 3. The van der Waals surface area contributed by atoms with Crippen LogP contribution in [-0.2, 0) is 9.59 Å². The maximum atomic E-state index is 11.2. The molecule has 0 saturated carbocycles. The highest BCUT2D eigenvalue weighted by molar-refractivity contribution is 14.1. The zero-order valence-electron chi connectivity index (χ0n) is 7.12. The molecule has 72 valence electrons. The normalized spacial score (nSPS) is 18.2. The van der Waals surface area contributed by atoms with E-state index in [-0.39, 0.29) is 9.70 Å². The van der Waals surface area contributed by atoms with Gasteiger partial charge in [0.2, 0.25) is 9.70 Å². The van der Waals surface area contributed by atoms with Gasteiger partial charge in [-0.15, -0.1) is 0 Å². The summed E-state index contributed by atoms with van der Waals surface area (Å²) >= 11 is 1.70. The summed E-state index contributed by atoms with van der Waals surface area (Å²) in [7, 11) is 0. The molecule has 1 aliphatic heterocycles. The van der Waals surface area contributed by atoms with Crippen molar-refractivity contribution in [1.29, 1.82) is 0 Å². The first-order valence-electron chi connectivity index (χ1n) is 4.04. The number of nitrogens with zero attached hydrogens (tertiary/aromatic N) is 1. The average Bonchev–Trinajstić information content (AvgIpc) is 2.08. The Morgan fingerprint density at radius 1 is 1.69 bits per heavy atom. The first kappa shape index (κ1) is 10.6. The summed E-state index contributed by atoms with van der Waals surface area (Å²) in [6.07, 6.45) is 3.20. The fourth-order valence-electron chi connectivity index (χ4n) is 1.11. The van der Waals surface area contributed by atoms with Gasteiger partial charge in [0.25, 0.3) is 0 Å². The molecular weight excluding hydrogens is 283 g/mol. The van der Waals surface area contributed by atoms with Crippen LogP contribution in [0.25, 0.3) is 0 Å². The number of amides is 1. The molecule has 0 aromatic rings. The Hall–Kier alpha value is -0.430. The third-order valence-corrected chi connectivity index (χ3v) is 2.12. The fourth-order valence-corrected chi connectivity index (χ4v) is 1.37. The quantitative estimate of drug-likeness (QED) is 0.450. The summed E-state index contributed by atoms with van der Waals surface area (Å²) in [6.45, 7) is 2.50. The van der Waals surface area contributed by atoms with E-state index in [1.165, 1.54) is 6.08 Å². The van der Waals surface area contributed by atoms with E-state index in [4.69, 9.17) is 0 Å². The van der Waals surface area contributed by atoms with Crippen LogP contribution in [0.5, 0.6) is 0 Å². The van der Waals surface area contributed by atoms with E-state index >= 15 is 0 Å². The molecule has 1 aliphatic rings. The van der Waals surface area contributed by atoms with Crippen LogP contribution in [0.2, 0.25) is 0 Å². The number of piperazine rings is 1. The van der Waals surface area contributed by atoms with Crippen LogP contribution in [0, 0.1) is 0 Å². The van der Waals surface area contributed by atoms with Crippen LogP contribution >= 0.6 is 22.6 Å². The van der Waals surface area contributed by atoms with Crippen LogP contribution in [0.15, 0.2) is 12.2 Å². The topological polar surface area (TPSA) is 49.4 Å². The van der Waals surface area contributed by atoms with Crippen molar-refractivity contribution < 1.29 is 9.59 Å². The highest BCUT2D eigenvalue weighted by Crippen LogP contribution is 1.95. The molecule has 0 aliphatic carbocycles. The smallest absolute Gasteiger partial charge is 0.236 e. The number of carbonyl (C=O) groups excluding carboxylic acids is 2. The number of hydrogen-bond acceptors (Lipinski definition) is 3. The molecule has 0 radical (unpaired) electrons. The van der Waals surface area contributed by atoms with Crippen molar-refractivity contribution in [2.45, 2.75) is 0 Å². The second-order valence-corrected chi connectivity index (χ2v) is 3.79. The molecule has 1 rings (SSSR count). The Morgan fingerprint density at radius 2 is 2.46 bits per heavy atom. The van der Waals surface area contributed by atoms with Gasteiger partial charge in [-0.3, -0.25) is 9.59 Å². The highest BCUT2D eigenvalue weighted by Gasteiger charge is 2.15. The molecule has 0 spiro atoms. The van der Waals surface area contributed by atoms with Crippen LogP contribution in [0.1, 0.15) is 0 Å². The molecule has 1 amide bonds. The van der Waals surface area contributed by atoms with Gasteiger partial charge < -0.3 is 10.2 Å². The highest BCUT2D eigenvalue weighted by atomic mass is 127. The minimum Gasteiger partial charge on any atom is -0.337 e. The lowest BCUT2D eigenvalue weighted by atomic mass is 10.3. The molecule has 1 fully saturated rings. The first-order chi connectivity index (χ1) is 6.20. The van der Waals surface area contributed by atoms with Crippen LogP contribution in [0.4, 0.5) is 0 Å². The Balaban J connectivity index is 2.34. The van der Waals surface area contributed by atoms with Gasteiger partial charge in [-0.25, -0.2) is 0 Å². The van der Waals surface area contributed by atoms with Crippen molar-refractivity contribution in [2.24, 2.45) is 0 Å². The Labute approximate surface area is 90.5 Å². The van der Waals surface area contributed by atoms with Gasteiger partial charge >= 0.3 is 0 Å². The van der Waals surface area contributed by atoms with Crippen molar-refractivity contribution in [2.75, 3.05) is 26.2 Å². The summed E-state index contributed by atoms with van der Waals surface area (Å²) in [4.78, 5) is 23.5. The molecule has 0 atom stereocenters. The summed E-state index contributed by atoms with van der Waals surface area (Å²) in [5, 5.41) is 2.98. The molecule has 1 N–H and O–H groups in total. The monoisotopic (exact) mass is 294 g/mol. The molecule has 4 nitrogen and oxygen atoms in total. The van der Waals surface area contributed by atoms with E-state index in [1.807, 2.05) is 0 Å². The van der Waals surface area contributed by atoms with E-state index in [0.717, 1.165) is 13.1 Å². The summed E-state index contributed by atoms with van der Waals surface area (Å²) in [5.41, 5.74) is 0. The fraction of sp³-hybridized carbons (Fsp3) is 0.500. The lowest BCUT2D eigenvalue weighted by molar-refractivity contribution is -0.131. The van der Waals surface area contributed by atoms with Gasteiger partial charge in [-0.05, 0) is 6.08 Å². The number of halogens is 1. The molecular formula is C8H11IN2O2. The third kappa shape index (κ3) is 3.86. The van der Waals surface area contributed by atoms with Crippen molar-refractivity contribution in [3.63, 3.8) is 0 Å². The number of carbonyl (C=O) groups is 2. The van der Waals surface area contributed by atoms with Gasteiger partial charge in [0.1, 0.15) is 0 Å². The van der Waals surface area contributed by atoms with Crippen molar-refractivity contribution >= 4 is 32.3 Å². The van der Waals surface area contributed by atoms with Crippen LogP contribution in [-0.4, -0.2) is 40.8 Å². The Morgan fingerprint density at radius 3 is 3.08 bits per heavy atom. The summed E-state index contributed by atoms with van der Waals surface area (Å²) in [5.74, 6) is 0.0943. The minimum absolute atomic E-state index is 0.0137. The Kier molecular flexibility index (Phi) is 4.37. The maximum Gasteiger partial charge on any atom is 0.236 e. The Bertz CT molecular complexity index is 240. The first-order valence-corrected chi connectivity index (χ1v) is 5.12. The zero-order valence-corrected chi connectivity index (χ0v) is 9.28. The molecule has 1 heterocycles. The standard InChI is InChI=1S/C8H11IN2O2/c9-7(12)2-1-4-11-5-3-10-6-8(11)13/h1-2,10H,3-6H2/b2-1+. The van der Waals surface area contributed by atoms with E-state index < -0.39 is 0 Å². The number of hydrogen-bond donors (Lipinski definition) is 1. The zero-order chi connectivity index (χ0) is 9.68. The number of nitrogens with one attached hydrogen (secondary N) is 1. The third-order valence-electron chi connectivity index (χ3n) is 1.76. The predicted octanol–water partition coefficient (Wildman–Crippen LogP) is -0.0640. The minimum atomic E-state index is -0.0137. The van der Waals surface area contributed by atoms with Crippen molar-refractivity contribution in [3.05, 3.63) is 12.2 Å². The second kappa shape index (κ2) is 5.33. The van der Waals surface area contributed by atoms with E-state index in [9.17, 15) is 9.59 Å². The van der Waals surface area contributed by atoms with Crippen molar-refractivity contribution in [1.82, 2.24) is 10.2 Å². The molecule has 0 aromatic carbocycles. The van der Waals surface area contributed by atoms with Gasteiger partial charge in [0, 0.05) is 42.2 Å². The molecule has 13 heavy (non-hydrogen) atoms. The van der Waals surface area contributed by atoms with E-state index in [1.54, 1.807) is 33.6 Å². The predicted molar refractivity (Wildman–Crippen MR) is 57.6 cm³/mol. The SMILES string of the molecule is O=C(I)/C=C/CN1CCNCC1=O. The lowest BCUT2D eigenvalue weighted by Crippen LogP contribution is -2.47. The lowest BCUT2D eigenvalue weighted by Gasteiger charge is -2.25.